The van der Waals surface area contributed by atoms with Gasteiger partial charge in [-0.15, -0.1) is 0 Å². The summed E-state index contributed by atoms with van der Waals surface area (Å²) in [5.74, 6) is 3.88. The Kier molecular flexibility index (Phi) is 6.14. The molecule has 0 unspecified atom stereocenters. The molecule has 3 heteroatoms. The number of anilines is 1. The fraction of sp³-hybridized carbons (Fsp3) is 0.0909. The van der Waals surface area contributed by atoms with Crippen LogP contribution >= 0.6 is 15.9 Å². The van der Waals surface area contributed by atoms with E-state index in [1.54, 1.807) is 0 Å². The van der Waals surface area contributed by atoms with E-state index in [2.05, 4.69) is 56.3 Å². The average Bonchev–Trinajstić information content (AvgIpc) is 2.67. The molecule has 3 aromatic rings. The average molecular weight is 392 g/mol. The highest BCUT2D eigenvalue weighted by Crippen LogP contribution is 2.23. The minimum Gasteiger partial charge on any atom is -0.489 e. The molecular formula is C22H18BrNO. The molecule has 0 heterocycles. The van der Waals surface area contributed by atoms with Crippen LogP contribution in [0.4, 0.5) is 5.69 Å². The van der Waals surface area contributed by atoms with Crippen LogP contribution in [0.5, 0.6) is 5.75 Å². The highest BCUT2D eigenvalue weighted by Gasteiger charge is 2.04. The third-order valence-electron chi connectivity index (χ3n) is 3.75. The van der Waals surface area contributed by atoms with E-state index >= 15 is 0 Å². The number of benzene rings is 3. The number of nitrogens with one attached hydrogen (secondary N) is 1. The molecule has 0 fully saturated rings. The second-order valence-corrected chi connectivity index (χ2v) is 5.94. The molecule has 1 N–H and O–H groups in total. The van der Waals surface area contributed by atoms with Crippen molar-refractivity contribution in [3.05, 3.63) is 95.6 Å². The van der Waals surface area contributed by atoms with E-state index in [4.69, 9.17) is 4.74 Å². The summed E-state index contributed by atoms with van der Waals surface area (Å²) in [5.41, 5.74) is 4.26. The summed E-state index contributed by atoms with van der Waals surface area (Å²) in [6.07, 6.45) is 0. The fourth-order valence-corrected chi connectivity index (χ4v) is 2.67. The van der Waals surface area contributed by atoms with E-state index in [1.807, 2.05) is 54.6 Å². The molecule has 3 aromatic carbocycles. The van der Waals surface area contributed by atoms with E-state index in [9.17, 15) is 0 Å². The van der Waals surface area contributed by atoms with Crippen LogP contribution in [0.1, 0.15) is 16.7 Å². The summed E-state index contributed by atoms with van der Waals surface area (Å²) < 4.78 is 5.89. The van der Waals surface area contributed by atoms with Gasteiger partial charge >= 0.3 is 0 Å². The summed E-state index contributed by atoms with van der Waals surface area (Å²) >= 11 is 3.19. The van der Waals surface area contributed by atoms with Crippen molar-refractivity contribution in [1.82, 2.24) is 0 Å². The van der Waals surface area contributed by atoms with E-state index in [0.717, 1.165) is 29.1 Å². The zero-order valence-corrected chi connectivity index (χ0v) is 15.3. The van der Waals surface area contributed by atoms with Crippen LogP contribution in [0.15, 0.2) is 78.9 Å². The minimum absolute atomic E-state index is 0.540. The predicted molar refractivity (Wildman–Crippen MR) is 107 cm³/mol. The monoisotopic (exact) mass is 391 g/mol. The summed E-state index contributed by atoms with van der Waals surface area (Å²) in [6, 6.07) is 26.4. The maximum atomic E-state index is 5.89. The second-order valence-electron chi connectivity index (χ2n) is 5.54. The van der Waals surface area contributed by atoms with Gasteiger partial charge in [-0.05, 0) is 34.2 Å². The lowest BCUT2D eigenvalue weighted by atomic mass is 10.1. The number of hydrogen-bond donors (Lipinski definition) is 1. The van der Waals surface area contributed by atoms with Crippen LogP contribution in [-0.4, -0.2) is 0 Å². The van der Waals surface area contributed by atoms with Crippen LogP contribution in [0, 0.1) is 10.8 Å². The van der Waals surface area contributed by atoms with Crippen molar-refractivity contribution in [2.24, 2.45) is 0 Å². The highest BCUT2D eigenvalue weighted by atomic mass is 79.9. The van der Waals surface area contributed by atoms with Crippen LogP contribution in [-0.2, 0) is 13.2 Å². The Bertz CT molecular complexity index is 867. The quantitative estimate of drug-likeness (QED) is 0.553. The minimum atomic E-state index is 0.540. The van der Waals surface area contributed by atoms with Gasteiger partial charge in [0.15, 0.2) is 0 Å². The van der Waals surface area contributed by atoms with Gasteiger partial charge in [-0.25, -0.2) is 0 Å². The topological polar surface area (TPSA) is 21.3 Å². The van der Waals surface area contributed by atoms with Crippen molar-refractivity contribution >= 4 is 21.6 Å². The lowest BCUT2D eigenvalue weighted by Gasteiger charge is -2.12. The normalized spacial score (nSPS) is 9.80. The van der Waals surface area contributed by atoms with Crippen LogP contribution < -0.4 is 10.1 Å². The van der Waals surface area contributed by atoms with Gasteiger partial charge in [0.05, 0.1) is 11.3 Å². The van der Waals surface area contributed by atoms with Gasteiger partial charge in [-0.2, -0.15) is 0 Å². The number of hydrogen-bond acceptors (Lipinski definition) is 2. The molecule has 3 rings (SSSR count). The number of halogens is 1. The molecule has 0 aliphatic heterocycles. The van der Waals surface area contributed by atoms with Crippen molar-refractivity contribution in [3.63, 3.8) is 0 Å². The second kappa shape index (κ2) is 8.96. The molecule has 0 aromatic heterocycles. The molecule has 0 bridgehead atoms. The third kappa shape index (κ3) is 5.14. The van der Waals surface area contributed by atoms with Gasteiger partial charge in [0.2, 0.25) is 0 Å². The van der Waals surface area contributed by atoms with Gasteiger partial charge in [-0.1, -0.05) is 66.6 Å². The SMILES string of the molecule is BrC#Cc1cc(OCc2ccccc2)ccc1NCc1ccccc1. The van der Waals surface area contributed by atoms with Gasteiger partial charge in [0, 0.05) is 22.5 Å². The first kappa shape index (κ1) is 17.1. The van der Waals surface area contributed by atoms with E-state index < -0.39 is 0 Å². The summed E-state index contributed by atoms with van der Waals surface area (Å²) in [7, 11) is 0. The standard InChI is InChI=1S/C22H18BrNO/c23-14-13-20-15-21(25-17-19-9-5-2-6-10-19)11-12-22(20)24-16-18-7-3-1-4-8-18/h1-12,15,24H,16-17H2. The van der Waals surface area contributed by atoms with Crippen LogP contribution in [0.2, 0.25) is 0 Å². The lowest BCUT2D eigenvalue weighted by Crippen LogP contribution is -2.02. The predicted octanol–water partition coefficient (Wildman–Crippen LogP) is 5.58. The van der Waals surface area contributed by atoms with Crippen molar-refractivity contribution in [2.75, 3.05) is 5.32 Å². The molecule has 0 aliphatic carbocycles. The van der Waals surface area contributed by atoms with Crippen molar-refractivity contribution in [3.8, 4) is 16.5 Å². The maximum Gasteiger partial charge on any atom is 0.121 e. The molecule has 0 radical (unpaired) electrons. The Morgan fingerprint density at radius 3 is 2.20 bits per heavy atom. The van der Waals surface area contributed by atoms with E-state index in [1.165, 1.54) is 5.56 Å². The summed E-state index contributed by atoms with van der Waals surface area (Å²) in [5, 5.41) is 3.44. The first-order valence-corrected chi connectivity index (χ1v) is 8.84. The fourth-order valence-electron chi connectivity index (χ4n) is 2.46. The Morgan fingerprint density at radius 2 is 1.52 bits per heavy atom. The zero-order valence-electron chi connectivity index (χ0n) is 13.7. The Labute approximate surface area is 157 Å². The van der Waals surface area contributed by atoms with Crippen molar-refractivity contribution in [2.45, 2.75) is 13.2 Å². The number of rotatable bonds is 6. The molecule has 0 aliphatic rings. The first-order chi connectivity index (χ1) is 12.3. The molecule has 0 atom stereocenters. The summed E-state index contributed by atoms with van der Waals surface area (Å²) in [6.45, 7) is 1.29. The van der Waals surface area contributed by atoms with Gasteiger partial charge in [0.1, 0.15) is 12.4 Å². The van der Waals surface area contributed by atoms with Crippen LogP contribution in [0.3, 0.4) is 0 Å². The lowest BCUT2D eigenvalue weighted by molar-refractivity contribution is 0.306. The Hall–Kier alpha value is -2.70. The van der Waals surface area contributed by atoms with Gasteiger partial charge in [-0.3, -0.25) is 0 Å². The molecule has 124 valence electrons. The van der Waals surface area contributed by atoms with Gasteiger partial charge < -0.3 is 10.1 Å². The molecule has 25 heavy (non-hydrogen) atoms. The zero-order chi connectivity index (χ0) is 17.3. The molecular weight excluding hydrogens is 374 g/mol. The molecule has 0 saturated heterocycles. The van der Waals surface area contributed by atoms with E-state index in [-0.39, 0.29) is 0 Å². The Morgan fingerprint density at radius 1 is 0.840 bits per heavy atom. The van der Waals surface area contributed by atoms with Gasteiger partial charge in [0.25, 0.3) is 0 Å². The Balaban J connectivity index is 1.70. The smallest absolute Gasteiger partial charge is 0.121 e. The van der Waals surface area contributed by atoms with Crippen molar-refractivity contribution in [1.29, 1.82) is 0 Å². The molecule has 0 spiro atoms. The molecule has 0 amide bonds. The number of ether oxygens (including phenoxy) is 1. The summed E-state index contributed by atoms with van der Waals surface area (Å²) in [4.78, 5) is 2.79. The highest BCUT2D eigenvalue weighted by molar-refractivity contribution is 9.12. The molecule has 0 saturated carbocycles. The first-order valence-electron chi connectivity index (χ1n) is 8.05. The van der Waals surface area contributed by atoms with Crippen molar-refractivity contribution < 1.29 is 4.74 Å². The molecule has 2 nitrogen and oxygen atoms in total. The van der Waals surface area contributed by atoms with E-state index in [0.29, 0.717) is 6.61 Å². The van der Waals surface area contributed by atoms with Crippen LogP contribution in [0.25, 0.3) is 0 Å². The largest absolute Gasteiger partial charge is 0.489 e. The third-order valence-corrected chi connectivity index (χ3v) is 3.95. The maximum absolute atomic E-state index is 5.89.